The molecule has 6 rings (SSSR count). The van der Waals surface area contributed by atoms with Crippen LogP contribution in [0.3, 0.4) is 0 Å². The first-order valence-corrected chi connectivity index (χ1v) is 22.1. The van der Waals surface area contributed by atoms with E-state index in [0.717, 1.165) is 49.7 Å². The molecule has 2 aromatic rings. The lowest BCUT2D eigenvalue weighted by Crippen LogP contribution is -2.70. The molecule has 15 nitrogen and oxygen atoms in total. The summed E-state index contributed by atoms with van der Waals surface area (Å²) in [5.41, 5.74) is 3.00. The largest absolute Gasteiger partial charge is 0.459 e. The number of aliphatic hydroxyl groups excluding tert-OH is 3. The van der Waals surface area contributed by atoms with Crippen LogP contribution < -0.4 is 14.8 Å². The summed E-state index contributed by atoms with van der Waals surface area (Å²) in [6.07, 6.45) is 9.65. The molecule has 62 heavy (non-hydrogen) atoms. The van der Waals surface area contributed by atoms with Crippen molar-refractivity contribution in [3.8, 4) is 17.6 Å². The van der Waals surface area contributed by atoms with E-state index >= 15 is 4.79 Å². The number of fused-ring (bicyclic) bond motifs is 2. The molecule has 7 unspecified atom stereocenters. The van der Waals surface area contributed by atoms with E-state index in [2.05, 4.69) is 24.0 Å². The number of nitriles is 1. The number of unbranched alkanes of at least 4 members (excludes halogenated alkanes) is 2. The summed E-state index contributed by atoms with van der Waals surface area (Å²) in [5, 5.41) is 46.6. The molecule has 2 heterocycles. The Morgan fingerprint density at radius 1 is 1.05 bits per heavy atom. The highest BCUT2D eigenvalue weighted by Crippen LogP contribution is 2.62. The van der Waals surface area contributed by atoms with Crippen molar-refractivity contribution in [1.29, 1.82) is 5.26 Å². The summed E-state index contributed by atoms with van der Waals surface area (Å²) in [6, 6.07) is 13.0. The molecule has 2 aliphatic carbocycles. The van der Waals surface area contributed by atoms with Crippen LogP contribution in [0.2, 0.25) is 0 Å². The molecular weight excluding hydrogens is 797 g/mol. The van der Waals surface area contributed by atoms with Crippen LogP contribution in [0.4, 0.5) is 4.79 Å². The molecule has 0 aromatic heterocycles. The maximum atomic E-state index is 15.0. The number of aliphatic hydroxyl groups is 3. The van der Waals surface area contributed by atoms with Gasteiger partial charge in [-0.3, -0.25) is 4.79 Å². The summed E-state index contributed by atoms with van der Waals surface area (Å²) in [7, 11) is 0. The Labute approximate surface area is 364 Å². The van der Waals surface area contributed by atoms with Crippen LogP contribution in [-0.2, 0) is 19.0 Å². The first-order valence-electron chi connectivity index (χ1n) is 22.1. The van der Waals surface area contributed by atoms with E-state index in [1.807, 2.05) is 13.0 Å². The number of ether oxygens (including phenoxy) is 5. The van der Waals surface area contributed by atoms with Gasteiger partial charge in [0.15, 0.2) is 0 Å². The molecule has 0 radical (unpaired) electrons. The molecule has 1 saturated carbocycles. The Balaban J connectivity index is 1.60. The average Bonchev–Trinajstić information content (AvgIpc) is 3.29. The lowest BCUT2D eigenvalue weighted by atomic mass is 9.55. The smallest absolute Gasteiger partial charge is 0.412 e. The summed E-state index contributed by atoms with van der Waals surface area (Å²) >= 11 is 0. The highest BCUT2D eigenvalue weighted by Gasteiger charge is 2.65. The summed E-state index contributed by atoms with van der Waals surface area (Å²) in [5.74, 6) is -2.10. The minimum atomic E-state index is -1.55. The number of rotatable bonds is 22. The highest BCUT2D eigenvalue weighted by atomic mass is 16.8. The van der Waals surface area contributed by atoms with Crippen molar-refractivity contribution in [1.82, 2.24) is 10.2 Å². The van der Waals surface area contributed by atoms with Crippen molar-refractivity contribution in [2.24, 2.45) is 22.9 Å². The lowest BCUT2D eigenvalue weighted by molar-refractivity contribution is -0.255. The molecular formula is C47H62N4O11. The van der Waals surface area contributed by atoms with Crippen LogP contribution in [-0.4, -0.2) is 115 Å². The zero-order valence-electron chi connectivity index (χ0n) is 35.8. The quantitative estimate of drug-likeness (QED) is 0.0615. The number of hydrogen-bond acceptors (Lipinski definition) is 13. The molecule has 0 bridgehead atoms. The van der Waals surface area contributed by atoms with Crippen molar-refractivity contribution >= 4 is 17.7 Å². The Bertz CT molecular complexity index is 1910. The number of benzene rings is 2. The van der Waals surface area contributed by atoms with Crippen molar-refractivity contribution in [2.75, 3.05) is 59.3 Å². The lowest BCUT2D eigenvalue weighted by Gasteiger charge is -2.60. The minimum Gasteiger partial charge on any atom is -0.459 e. The van der Waals surface area contributed by atoms with E-state index < -0.39 is 30.1 Å². The van der Waals surface area contributed by atoms with E-state index in [4.69, 9.17) is 33.7 Å². The Morgan fingerprint density at radius 3 is 2.53 bits per heavy atom. The molecule has 336 valence electrons. The molecule has 7 atom stereocenters. The van der Waals surface area contributed by atoms with Crippen LogP contribution in [0, 0.1) is 29.1 Å². The Kier molecular flexibility index (Phi) is 17.3. The monoisotopic (exact) mass is 858 g/mol. The van der Waals surface area contributed by atoms with Crippen molar-refractivity contribution < 1.29 is 53.4 Å². The highest BCUT2D eigenvalue weighted by molar-refractivity contribution is 6.03. The number of carbonyl (C=O) groups excluding carboxylic acids is 2. The van der Waals surface area contributed by atoms with Gasteiger partial charge in [-0.1, -0.05) is 30.1 Å². The number of hydrogen-bond donors (Lipinski definition) is 4. The SMILES string of the molecule is C=CCOC12Oc3ccc(OC(=O)NCC)cc3C3C(CCCCO)C(CCCCO)C=C(C(=NOC4CCCCO4)CC1N(CCOCCO)C(=O)c1ccc(C#N)cc1)C32. The van der Waals surface area contributed by atoms with Gasteiger partial charge in [-0.05, 0) is 105 Å². The number of oxime groups is 1. The summed E-state index contributed by atoms with van der Waals surface area (Å²) in [6.45, 7) is 6.96. The predicted molar refractivity (Wildman–Crippen MR) is 229 cm³/mol. The van der Waals surface area contributed by atoms with Gasteiger partial charge >= 0.3 is 6.09 Å². The van der Waals surface area contributed by atoms with Gasteiger partial charge in [-0.15, -0.1) is 6.58 Å². The number of nitrogens with zero attached hydrogens (tertiary/aromatic N) is 3. The fraction of sp³-hybridized carbons (Fsp3) is 0.574. The van der Waals surface area contributed by atoms with Crippen LogP contribution in [0.1, 0.15) is 98.5 Å². The molecule has 0 spiro atoms. The third-order valence-electron chi connectivity index (χ3n) is 12.2. The molecule has 4 N–H and O–H groups in total. The maximum absolute atomic E-state index is 15.0. The summed E-state index contributed by atoms with van der Waals surface area (Å²) in [4.78, 5) is 35.7. The third kappa shape index (κ3) is 10.9. The van der Waals surface area contributed by atoms with Gasteiger partial charge in [0.2, 0.25) is 12.1 Å². The van der Waals surface area contributed by atoms with Crippen molar-refractivity contribution in [2.45, 2.75) is 95.2 Å². The fourth-order valence-corrected chi connectivity index (χ4v) is 9.50. The normalized spacial score (nSPS) is 25.6. The second kappa shape index (κ2) is 23.0. The van der Waals surface area contributed by atoms with Crippen molar-refractivity contribution in [3.63, 3.8) is 0 Å². The molecule has 4 aliphatic rings. The molecule has 1 saturated heterocycles. The van der Waals surface area contributed by atoms with Gasteiger partial charge in [-0.25, -0.2) is 4.79 Å². The van der Waals surface area contributed by atoms with E-state index in [9.17, 15) is 25.4 Å². The number of amides is 2. The third-order valence-corrected chi connectivity index (χ3v) is 12.2. The molecule has 2 amide bonds. The van der Waals surface area contributed by atoms with E-state index in [-0.39, 0.29) is 76.3 Å². The molecule has 2 fully saturated rings. The molecule has 15 heteroatoms. The zero-order chi connectivity index (χ0) is 43.9. The summed E-state index contributed by atoms with van der Waals surface area (Å²) < 4.78 is 31.9. The van der Waals surface area contributed by atoms with Gasteiger partial charge in [0.1, 0.15) is 17.5 Å². The van der Waals surface area contributed by atoms with Crippen LogP contribution in [0.5, 0.6) is 11.5 Å². The topological polar surface area (TPSA) is 202 Å². The van der Waals surface area contributed by atoms with Gasteiger partial charge in [0, 0.05) is 56.2 Å². The zero-order valence-corrected chi connectivity index (χ0v) is 35.8. The number of allylic oxidation sites excluding steroid dienone is 1. The average molecular weight is 859 g/mol. The Morgan fingerprint density at radius 2 is 1.84 bits per heavy atom. The molecule has 2 aliphatic heterocycles. The van der Waals surface area contributed by atoms with Crippen LogP contribution in [0.15, 0.2) is 71.9 Å². The predicted octanol–water partition coefficient (Wildman–Crippen LogP) is 5.98. The minimum absolute atomic E-state index is 0.0107. The first-order chi connectivity index (χ1) is 30.3. The van der Waals surface area contributed by atoms with E-state index in [1.54, 1.807) is 47.4 Å². The fourth-order valence-electron chi connectivity index (χ4n) is 9.50. The standard InChI is InChI=1S/C47H62N4O11/c1-3-24-59-47-41(51(20-26-57-27-23-54)45(55)33-16-14-32(31-48)15-17-33)30-39(50-62-42-13-7-10-25-58-42)37-28-34(11-5-8-21-52)36(12-6-9-22-53)43(44(37)47)38-29-35(18-19-40(38)61-47)60-46(56)49-4-2/h3,14-19,28-29,34,36,41-44,52-54H,1,4-13,20-27,30H2,2H3,(H,49,56). The van der Waals surface area contributed by atoms with Crippen LogP contribution in [0.25, 0.3) is 0 Å². The van der Waals surface area contributed by atoms with Gasteiger partial charge in [-0.2, -0.15) is 5.26 Å². The second-order valence-corrected chi connectivity index (χ2v) is 16.1. The van der Waals surface area contributed by atoms with E-state index in [1.165, 1.54) is 0 Å². The second-order valence-electron chi connectivity index (χ2n) is 16.1. The van der Waals surface area contributed by atoms with Gasteiger partial charge in [0.05, 0.1) is 56.3 Å². The van der Waals surface area contributed by atoms with Gasteiger partial charge < -0.3 is 54.1 Å². The number of carbonyl (C=O) groups is 2. The van der Waals surface area contributed by atoms with Gasteiger partial charge in [0.25, 0.3) is 5.91 Å². The van der Waals surface area contributed by atoms with E-state index in [0.29, 0.717) is 60.8 Å². The maximum Gasteiger partial charge on any atom is 0.412 e. The van der Waals surface area contributed by atoms with Crippen molar-refractivity contribution in [3.05, 3.63) is 83.5 Å². The number of nitrogens with one attached hydrogen (secondary N) is 1. The first kappa shape index (κ1) is 46.7. The molecule has 2 aromatic carbocycles. The Hall–Kier alpha value is -4.82. The van der Waals surface area contributed by atoms with Crippen LogP contribution >= 0.6 is 0 Å².